The van der Waals surface area contributed by atoms with Gasteiger partial charge in [0.1, 0.15) is 0 Å². The van der Waals surface area contributed by atoms with Crippen molar-refractivity contribution in [3.05, 3.63) is 39.6 Å². The van der Waals surface area contributed by atoms with Crippen LogP contribution >= 0.6 is 0 Å². The molecular formula is C11H13N3O2. The number of nitro groups is 1. The maximum absolute atomic E-state index is 10.7. The molecule has 84 valence electrons. The molecule has 16 heavy (non-hydrogen) atoms. The Balaban J connectivity index is 2.74. The fraction of sp³-hybridized carbons (Fsp3) is 0.273. The maximum atomic E-state index is 10.7. The minimum Gasteiger partial charge on any atom is -0.358 e. The van der Waals surface area contributed by atoms with Crippen molar-refractivity contribution in [3.63, 3.8) is 0 Å². The zero-order valence-electron chi connectivity index (χ0n) is 9.15. The van der Waals surface area contributed by atoms with Gasteiger partial charge in [-0.25, -0.2) is 0 Å². The number of non-ortho nitro benzene ring substituents is 1. The molecule has 1 atom stereocenters. The first kappa shape index (κ1) is 10.6. The van der Waals surface area contributed by atoms with Crippen LogP contribution in [0.25, 0.3) is 10.9 Å². The summed E-state index contributed by atoms with van der Waals surface area (Å²) in [5.74, 6) is 0. The van der Waals surface area contributed by atoms with E-state index in [0.717, 1.165) is 22.2 Å². The van der Waals surface area contributed by atoms with E-state index in [1.165, 1.54) is 6.07 Å². The molecule has 1 unspecified atom stereocenters. The lowest BCUT2D eigenvalue weighted by Crippen LogP contribution is -2.05. The summed E-state index contributed by atoms with van der Waals surface area (Å²) >= 11 is 0. The second kappa shape index (κ2) is 3.61. The van der Waals surface area contributed by atoms with Crippen molar-refractivity contribution < 1.29 is 4.92 Å². The lowest BCUT2D eigenvalue weighted by molar-refractivity contribution is -0.384. The summed E-state index contributed by atoms with van der Waals surface area (Å²) in [4.78, 5) is 13.5. The number of hydrogen-bond donors (Lipinski definition) is 2. The molecule has 5 nitrogen and oxygen atoms in total. The van der Waals surface area contributed by atoms with Crippen LogP contribution in [0, 0.1) is 17.0 Å². The monoisotopic (exact) mass is 219 g/mol. The molecule has 5 heteroatoms. The van der Waals surface area contributed by atoms with E-state index in [0.29, 0.717) is 0 Å². The van der Waals surface area contributed by atoms with Crippen molar-refractivity contribution in [1.29, 1.82) is 0 Å². The Bertz CT molecular complexity index is 558. The molecule has 0 saturated carbocycles. The largest absolute Gasteiger partial charge is 0.358 e. The number of H-pyrrole nitrogens is 1. The second-order valence-corrected chi connectivity index (χ2v) is 3.94. The summed E-state index contributed by atoms with van der Waals surface area (Å²) in [6.45, 7) is 3.79. The van der Waals surface area contributed by atoms with E-state index in [9.17, 15) is 10.1 Å². The van der Waals surface area contributed by atoms with E-state index in [2.05, 4.69) is 4.98 Å². The highest BCUT2D eigenvalue weighted by molar-refractivity contribution is 5.87. The third-order valence-electron chi connectivity index (χ3n) is 2.69. The van der Waals surface area contributed by atoms with Gasteiger partial charge in [-0.3, -0.25) is 10.1 Å². The molecule has 0 saturated heterocycles. The first-order valence-corrected chi connectivity index (χ1v) is 5.03. The van der Waals surface area contributed by atoms with Gasteiger partial charge in [-0.2, -0.15) is 0 Å². The Kier molecular flexibility index (Phi) is 2.40. The van der Waals surface area contributed by atoms with Crippen LogP contribution in [0.1, 0.15) is 24.2 Å². The minimum atomic E-state index is -0.396. The third kappa shape index (κ3) is 1.55. The van der Waals surface area contributed by atoms with Gasteiger partial charge in [-0.05, 0) is 25.5 Å². The molecule has 3 N–H and O–H groups in total. The van der Waals surface area contributed by atoms with Gasteiger partial charge in [-0.1, -0.05) is 0 Å². The topological polar surface area (TPSA) is 84.9 Å². The number of nitrogens with zero attached hydrogens (tertiary/aromatic N) is 1. The van der Waals surface area contributed by atoms with E-state index in [4.69, 9.17) is 5.73 Å². The number of aromatic amines is 1. The number of aryl methyl sites for hydroxylation is 1. The second-order valence-electron chi connectivity index (χ2n) is 3.94. The van der Waals surface area contributed by atoms with Crippen LogP contribution in [0.5, 0.6) is 0 Å². The highest BCUT2D eigenvalue weighted by atomic mass is 16.6. The lowest BCUT2D eigenvalue weighted by atomic mass is 10.0. The van der Waals surface area contributed by atoms with Gasteiger partial charge in [0.25, 0.3) is 5.69 Å². The predicted molar refractivity (Wildman–Crippen MR) is 62.3 cm³/mol. The normalized spacial score (nSPS) is 12.9. The molecular weight excluding hydrogens is 206 g/mol. The van der Waals surface area contributed by atoms with Crippen LogP contribution in [0.3, 0.4) is 0 Å². The Morgan fingerprint density at radius 2 is 2.19 bits per heavy atom. The zero-order valence-corrected chi connectivity index (χ0v) is 9.15. The summed E-state index contributed by atoms with van der Waals surface area (Å²) < 4.78 is 0. The third-order valence-corrected chi connectivity index (χ3v) is 2.69. The first-order valence-electron chi connectivity index (χ1n) is 5.03. The summed E-state index contributed by atoms with van der Waals surface area (Å²) in [5, 5.41) is 11.5. The molecule has 1 heterocycles. The molecule has 2 aromatic rings. The SMILES string of the molecule is Cc1[nH]c2ccc([N+](=O)[O-])cc2c1C(C)N. The number of benzene rings is 1. The van der Waals surface area contributed by atoms with Gasteiger partial charge >= 0.3 is 0 Å². The van der Waals surface area contributed by atoms with E-state index in [-0.39, 0.29) is 11.7 Å². The molecule has 0 radical (unpaired) electrons. The van der Waals surface area contributed by atoms with Gasteiger partial charge in [-0.15, -0.1) is 0 Å². The number of nitrogens with two attached hydrogens (primary N) is 1. The van der Waals surface area contributed by atoms with Crippen molar-refractivity contribution in [2.45, 2.75) is 19.9 Å². The summed E-state index contributed by atoms with van der Waals surface area (Å²) in [7, 11) is 0. The molecule has 0 aliphatic carbocycles. The van der Waals surface area contributed by atoms with Crippen LogP contribution in [0.15, 0.2) is 18.2 Å². The molecule has 0 spiro atoms. The van der Waals surface area contributed by atoms with E-state index in [1.54, 1.807) is 12.1 Å². The van der Waals surface area contributed by atoms with Crippen LogP contribution < -0.4 is 5.73 Å². The average Bonchev–Trinajstić information content (AvgIpc) is 2.51. The number of nitro benzene ring substituents is 1. The highest BCUT2D eigenvalue weighted by Gasteiger charge is 2.15. The number of rotatable bonds is 2. The standard InChI is InChI=1S/C11H13N3O2/c1-6(12)11-7(2)13-10-4-3-8(14(15)16)5-9(10)11/h3-6,13H,12H2,1-2H3. The van der Waals surface area contributed by atoms with Crippen molar-refractivity contribution in [2.24, 2.45) is 5.73 Å². The van der Waals surface area contributed by atoms with E-state index >= 15 is 0 Å². The van der Waals surface area contributed by atoms with Gasteiger partial charge in [0.2, 0.25) is 0 Å². The molecule has 0 aliphatic heterocycles. The van der Waals surface area contributed by atoms with E-state index in [1.807, 2.05) is 13.8 Å². The van der Waals surface area contributed by atoms with Crippen LogP contribution in [-0.4, -0.2) is 9.91 Å². The smallest absolute Gasteiger partial charge is 0.270 e. The highest BCUT2D eigenvalue weighted by Crippen LogP contribution is 2.29. The number of nitrogens with one attached hydrogen (secondary N) is 1. The first-order chi connectivity index (χ1) is 7.50. The summed E-state index contributed by atoms with van der Waals surface area (Å²) in [6, 6.07) is 4.63. The Morgan fingerprint density at radius 3 is 2.75 bits per heavy atom. The zero-order chi connectivity index (χ0) is 11.9. The molecule has 0 fully saturated rings. The van der Waals surface area contributed by atoms with Gasteiger partial charge in [0.15, 0.2) is 0 Å². The van der Waals surface area contributed by atoms with Gasteiger partial charge in [0, 0.05) is 34.8 Å². The van der Waals surface area contributed by atoms with Crippen molar-refractivity contribution >= 4 is 16.6 Å². The molecule has 1 aromatic heterocycles. The summed E-state index contributed by atoms with van der Waals surface area (Å²) in [6.07, 6.45) is 0. The number of aromatic nitrogens is 1. The predicted octanol–water partition coefficient (Wildman–Crippen LogP) is 2.40. The number of hydrogen-bond acceptors (Lipinski definition) is 3. The fourth-order valence-electron chi connectivity index (χ4n) is 2.04. The van der Waals surface area contributed by atoms with E-state index < -0.39 is 4.92 Å². The fourth-order valence-corrected chi connectivity index (χ4v) is 2.04. The Hall–Kier alpha value is -1.88. The molecule has 0 amide bonds. The van der Waals surface area contributed by atoms with Crippen LogP contribution in [0.4, 0.5) is 5.69 Å². The molecule has 1 aromatic carbocycles. The minimum absolute atomic E-state index is 0.0911. The number of fused-ring (bicyclic) bond motifs is 1. The molecule has 0 bridgehead atoms. The average molecular weight is 219 g/mol. The quantitative estimate of drug-likeness (QED) is 0.600. The molecule has 2 rings (SSSR count). The van der Waals surface area contributed by atoms with Crippen LogP contribution in [0.2, 0.25) is 0 Å². The van der Waals surface area contributed by atoms with Crippen LogP contribution in [-0.2, 0) is 0 Å². The van der Waals surface area contributed by atoms with Gasteiger partial charge < -0.3 is 10.7 Å². The van der Waals surface area contributed by atoms with Crippen molar-refractivity contribution in [1.82, 2.24) is 4.98 Å². The van der Waals surface area contributed by atoms with Crippen molar-refractivity contribution in [2.75, 3.05) is 0 Å². The Labute approximate surface area is 92.4 Å². The van der Waals surface area contributed by atoms with Gasteiger partial charge in [0.05, 0.1) is 4.92 Å². The Morgan fingerprint density at radius 1 is 1.50 bits per heavy atom. The van der Waals surface area contributed by atoms with Crippen molar-refractivity contribution in [3.8, 4) is 0 Å². The lowest BCUT2D eigenvalue weighted by Gasteiger charge is -2.04. The molecule has 0 aliphatic rings. The maximum Gasteiger partial charge on any atom is 0.270 e. The summed E-state index contributed by atoms with van der Waals surface area (Å²) in [5.41, 5.74) is 8.74.